The summed E-state index contributed by atoms with van der Waals surface area (Å²) in [6.07, 6.45) is 5.57. The first-order valence-electron chi connectivity index (χ1n) is 10.8. The predicted molar refractivity (Wildman–Crippen MR) is 119 cm³/mol. The van der Waals surface area contributed by atoms with E-state index in [-0.39, 0.29) is 0 Å². The largest absolute Gasteiger partial charge is 0.355 e. The number of nitrogens with zero attached hydrogens (tertiary/aromatic N) is 4. The highest BCUT2D eigenvalue weighted by Gasteiger charge is 2.21. The Kier molecular flexibility index (Phi) is 7.42. The molecule has 2 aromatic rings. The molecule has 0 radical (unpaired) electrons. The van der Waals surface area contributed by atoms with Crippen LogP contribution in [0.15, 0.2) is 24.3 Å². The molecule has 154 valence electrons. The van der Waals surface area contributed by atoms with E-state index in [4.69, 9.17) is 9.97 Å². The number of likely N-dealkylation sites (N-methyl/N-ethyl adjacent to an activating group) is 1. The fraction of sp³-hybridized carbons (Fsp3) is 0.522. The fourth-order valence-electron chi connectivity index (χ4n) is 3.78. The van der Waals surface area contributed by atoms with Gasteiger partial charge >= 0.3 is 0 Å². The quantitative estimate of drug-likeness (QED) is 0.697. The third kappa shape index (κ3) is 5.68. The fourth-order valence-corrected chi connectivity index (χ4v) is 3.78. The van der Waals surface area contributed by atoms with Crippen molar-refractivity contribution < 1.29 is 0 Å². The summed E-state index contributed by atoms with van der Waals surface area (Å²) < 4.78 is 0. The van der Waals surface area contributed by atoms with Gasteiger partial charge in [0.25, 0.3) is 0 Å². The molecule has 0 bridgehead atoms. The number of aromatic nitrogens is 2. The Morgan fingerprint density at radius 3 is 2.86 bits per heavy atom. The van der Waals surface area contributed by atoms with Crippen molar-refractivity contribution in [3.8, 4) is 6.07 Å². The van der Waals surface area contributed by atoms with Crippen LogP contribution < -0.4 is 15.5 Å². The molecule has 6 nitrogen and oxygen atoms in total. The van der Waals surface area contributed by atoms with Crippen molar-refractivity contribution in [3.63, 3.8) is 0 Å². The molecule has 1 aromatic carbocycles. The summed E-state index contributed by atoms with van der Waals surface area (Å²) in [5, 5.41) is 16.2. The van der Waals surface area contributed by atoms with E-state index in [0.29, 0.717) is 17.6 Å². The van der Waals surface area contributed by atoms with Crippen LogP contribution in [0.1, 0.15) is 56.4 Å². The Labute approximate surface area is 174 Å². The van der Waals surface area contributed by atoms with Crippen LogP contribution in [0.2, 0.25) is 0 Å². The first kappa shape index (κ1) is 21.1. The number of anilines is 3. The van der Waals surface area contributed by atoms with Gasteiger partial charge in [-0.2, -0.15) is 10.2 Å². The lowest BCUT2D eigenvalue weighted by molar-refractivity contribution is 0.429. The Bertz CT molecular complexity index is 855. The smallest absolute Gasteiger partial charge is 0.229 e. The van der Waals surface area contributed by atoms with Crippen LogP contribution in [0, 0.1) is 18.3 Å². The van der Waals surface area contributed by atoms with Crippen molar-refractivity contribution in [3.05, 3.63) is 41.1 Å². The number of nitriles is 1. The molecule has 1 aliphatic heterocycles. The molecule has 0 amide bonds. The molecule has 2 N–H and O–H groups in total. The van der Waals surface area contributed by atoms with E-state index in [1.807, 2.05) is 25.1 Å². The first-order valence-corrected chi connectivity index (χ1v) is 10.8. The zero-order valence-corrected chi connectivity index (χ0v) is 17.8. The molecule has 0 aliphatic carbocycles. The molecule has 6 heteroatoms. The van der Waals surface area contributed by atoms with Gasteiger partial charge in [0.05, 0.1) is 11.6 Å². The van der Waals surface area contributed by atoms with Crippen molar-refractivity contribution >= 4 is 17.5 Å². The Morgan fingerprint density at radius 1 is 1.24 bits per heavy atom. The summed E-state index contributed by atoms with van der Waals surface area (Å²) >= 11 is 0. The lowest BCUT2D eigenvalue weighted by atomic mass is 10.1. The maximum atomic E-state index is 9.31. The van der Waals surface area contributed by atoms with Crippen LogP contribution >= 0.6 is 0 Å². The summed E-state index contributed by atoms with van der Waals surface area (Å²) in [5.74, 6) is 1.59. The SMILES string of the molecule is CCCCc1cc(N2CCCC(NCC)C2)nc(Nc2ccc(C)c(C#N)c2)n1. The molecule has 0 saturated carbocycles. The lowest BCUT2D eigenvalue weighted by Gasteiger charge is -2.34. The van der Waals surface area contributed by atoms with E-state index in [9.17, 15) is 5.26 Å². The van der Waals surface area contributed by atoms with Gasteiger partial charge in [-0.3, -0.25) is 0 Å². The Hall–Kier alpha value is -2.65. The average molecular weight is 393 g/mol. The van der Waals surface area contributed by atoms with E-state index >= 15 is 0 Å². The van der Waals surface area contributed by atoms with Crippen molar-refractivity contribution in [2.24, 2.45) is 0 Å². The normalized spacial score (nSPS) is 16.5. The highest BCUT2D eigenvalue weighted by molar-refractivity contribution is 5.59. The second-order valence-corrected chi connectivity index (χ2v) is 7.75. The van der Waals surface area contributed by atoms with E-state index < -0.39 is 0 Å². The third-order valence-electron chi connectivity index (χ3n) is 5.40. The summed E-state index contributed by atoms with van der Waals surface area (Å²) in [6.45, 7) is 9.29. The van der Waals surface area contributed by atoms with Crippen LogP contribution in [0.3, 0.4) is 0 Å². The highest BCUT2D eigenvalue weighted by Crippen LogP contribution is 2.23. The van der Waals surface area contributed by atoms with Crippen LogP contribution in [-0.2, 0) is 6.42 Å². The first-order chi connectivity index (χ1) is 14.1. The minimum absolute atomic E-state index is 0.509. The number of nitrogens with one attached hydrogen (secondary N) is 2. The number of piperidine rings is 1. The second kappa shape index (κ2) is 10.2. The Morgan fingerprint density at radius 2 is 2.10 bits per heavy atom. The van der Waals surface area contributed by atoms with E-state index in [1.54, 1.807) is 0 Å². The Balaban J connectivity index is 1.86. The molecular formula is C23H32N6. The number of hydrogen-bond donors (Lipinski definition) is 2. The second-order valence-electron chi connectivity index (χ2n) is 7.75. The number of unbranched alkanes of at least 4 members (excludes halogenated alkanes) is 1. The summed E-state index contributed by atoms with van der Waals surface area (Å²) in [7, 11) is 0. The summed E-state index contributed by atoms with van der Waals surface area (Å²) in [5.41, 5.74) is 3.55. The molecule has 3 rings (SSSR count). The molecule has 2 heterocycles. The molecule has 1 aliphatic rings. The van der Waals surface area contributed by atoms with Gasteiger partial charge in [0, 0.05) is 36.6 Å². The molecule has 29 heavy (non-hydrogen) atoms. The van der Waals surface area contributed by atoms with Gasteiger partial charge in [-0.1, -0.05) is 26.3 Å². The maximum absolute atomic E-state index is 9.31. The van der Waals surface area contributed by atoms with Crippen molar-refractivity contribution in [1.29, 1.82) is 5.26 Å². The van der Waals surface area contributed by atoms with Crippen LogP contribution in [0.4, 0.5) is 17.5 Å². The number of benzene rings is 1. The topological polar surface area (TPSA) is 76.9 Å². The van der Waals surface area contributed by atoms with Gasteiger partial charge in [0.15, 0.2) is 0 Å². The number of aryl methyl sites for hydroxylation is 2. The van der Waals surface area contributed by atoms with Crippen molar-refractivity contribution in [1.82, 2.24) is 15.3 Å². The summed E-state index contributed by atoms with van der Waals surface area (Å²) in [4.78, 5) is 11.9. The molecule has 1 saturated heterocycles. The average Bonchev–Trinajstić information content (AvgIpc) is 2.74. The van der Waals surface area contributed by atoms with Crippen molar-refractivity contribution in [2.45, 2.75) is 58.9 Å². The highest BCUT2D eigenvalue weighted by atomic mass is 15.2. The third-order valence-corrected chi connectivity index (χ3v) is 5.40. The zero-order chi connectivity index (χ0) is 20.6. The predicted octanol–water partition coefficient (Wildman–Crippen LogP) is 4.32. The van der Waals surface area contributed by atoms with Crippen LogP contribution in [-0.4, -0.2) is 35.6 Å². The standard InChI is InChI=1S/C23H32N6/c1-4-6-8-19-14-22(29-12-7-9-21(16-29)25-5-2)28-23(26-19)27-20-11-10-17(3)18(13-20)15-24/h10-11,13-14,21,25H,4-9,12,16H2,1-3H3,(H,26,27,28). The molecule has 1 aromatic heterocycles. The molecule has 1 fully saturated rings. The maximum Gasteiger partial charge on any atom is 0.229 e. The van der Waals surface area contributed by atoms with Gasteiger partial charge < -0.3 is 15.5 Å². The van der Waals surface area contributed by atoms with Crippen LogP contribution in [0.25, 0.3) is 0 Å². The van der Waals surface area contributed by atoms with E-state index in [1.165, 1.54) is 6.42 Å². The minimum atomic E-state index is 0.509. The molecule has 1 atom stereocenters. The molecular weight excluding hydrogens is 360 g/mol. The summed E-state index contributed by atoms with van der Waals surface area (Å²) in [6, 6.07) is 10.7. The van der Waals surface area contributed by atoms with E-state index in [0.717, 1.165) is 68.1 Å². The number of rotatable bonds is 8. The van der Waals surface area contributed by atoms with Gasteiger partial charge in [-0.25, -0.2) is 4.98 Å². The minimum Gasteiger partial charge on any atom is -0.355 e. The van der Waals surface area contributed by atoms with Gasteiger partial charge in [-0.15, -0.1) is 0 Å². The molecule has 1 unspecified atom stereocenters. The van der Waals surface area contributed by atoms with Crippen LogP contribution in [0.5, 0.6) is 0 Å². The van der Waals surface area contributed by atoms with Crippen molar-refractivity contribution in [2.75, 3.05) is 29.9 Å². The monoisotopic (exact) mass is 392 g/mol. The molecule has 0 spiro atoms. The lowest BCUT2D eigenvalue weighted by Crippen LogP contribution is -2.46. The number of hydrogen-bond acceptors (Lipinski definition) is 6. The van der Waals surface area contributed by atoms with Gasteiger partial charge in [0.2, 0.25) is 5.95 Å². The zero-order valence-electron chi connectivity index (χ0n) is 17.8. The van der Waals surface area contributed by atoms with E-state index in [2.05, 4.69) is 41.5 Å². The van der Waals surface area contributed by atoms with Gasteiger partial charge in [0.1, 0.15) is 5.82 Å². The van der Waals surface area contributed by atoms with Gasteiger partial charge in [-0.05, 0) is 56.8 Å².